The van der Waals surface area contributed by atoms with E-state index in [1.54, 1.807) is 4.90 Å². The van der Waals surface area contributed by atoms with Crippen LogP contribution in [0.4, 0.5) is 25.0 Å². The van der Waals surface area contributed by atoms with Crippen LogP contribution < -0.4 is 9.80 Å². The van der Waals surface area contributed by atoms with Crippen LogP contribution in [0.15, 0.2) is 12.1 Å². The summed E-state index contributed by atoms with van der Waals surface area (Å²) in [5.41, 5.74) is 0.0935. The van der Waals surface area contributed by atoms with E-state index in [2.05, 4.69) is 13.1 Å². The number of anilines is 2. The molecule has 1 aromatic carbocycles. The van der Waals surface area contributed by atoms with Gasteiger partial charge in [0.15, 0.2) is 11.6 Å². The van der Waals surface area contributed by atoms with Crippen molar-refractivity contribution in [2.75, 3.05) is 36.0 Å². The Morgan fingerprint density at radius 3 is 2.33 bits per heavy atom. The van der Waals surface area contributed by atoms with Gasteiger partial charge in [-0.25, -0.2) is 13.6 Å². The predicted molar refractivity (Wildman–Crippen MR) is 90.4 cm³/mol. The molecule has 1 atom stereocenters. The van der Waals surface area contributed by atoms with Crippen LogP contribution in [-0.2, 0) is 4.74 Å². The zero-order valence-corrected chi connectivity index (χ0v) is 14.9. The molecule has 1 amide bonds. The number of ether oxygens (including phenoxy) is 1. The first-order valence-electron chi connectivity index (χ1n) is 8.14. The number of halogens is 2. The SMILES string of the molecule is C[Si]1(C)CCN(c2c(F)cc(N3CC(CO)OC3=O)cc2F)CC1. The summed E-state index contributed by atoms with van der Waals surface area (Å²) in [6.45, 7) is 5.65. The number of nitrogens with zero attached hydrogens (tertiary/aromatic N) is 2. The molecule has 24 heavy (non-hydrogen) atoms. The maximum Gasteiger partial charge on any atom is 0.414 e. The molecule has 5 nitrogen and oxygen atoms in total. The first-order chi connectivity index (χ1) is 11.3. The van der Waals surface area contributed by atoms with Gasteiger partial charge in [-0.15, -0.1) is 0 Å². The molecule has 2 heterocycles. The molecule has 0 aromatic heterocycles. The number of amides is 1. The molecular weight excluding hydrogens is 334 g/mol. The average Bonchev–Trinajstić information content (AvgIpc) is 2.89. The number of hydrogen-bond acceptors (Lipinski definition) is 4. The molecule has 0 spiro atoms. The Morgan fingerprint density at radius 1 is 1.25 bits per heavy atom. The number of rotatable bonds is 3. The molecule has 0 radical (unpaired) electrons. The highest BCUT2D eigenvalue weighted by Gasteiger charge is 2.34. The Labute approximate surface area is 140 Å². The summed E-state index contributed by atoms with van der Waals surface area (Å²) < 4.78 is 34.0. The molecule has 2 aliphatic rings. The Morgan fingerprint density at radius 2 is 1.83 bits per heavy atom. The highest BCUT2D eigenvalue weighted by atomic mass is 28.3. The fourth-order valence-electron chi connectivity index (χ4n) is 3.17. The van der Waals surface area contributed by atoms with Crippen LogP contribution in [0.3, 0.4) is 0 Å². The molecule has 0 bridgehead atoms. The van der Waals surface area contributed by atoms with Gasteiger partial charge in [-0.2, -0.15) is 0 Å². The number of aliphatic hydroxyl groups excluding tert-OH is 1. The van der Waals surface area contributed by atoms with E-state index in [1.165, 1.54) is 0 Å². The standard InChI is InChI=1S/C16H22F2N2O3Si/c1-24(2)5-3-19(4-6-24)15-13(17)7-11(8-14(15)18)20-9-12(10-21)23-16(20)22/h7-8,12,21H,3-6,9-10H2,1-2H3. The van der Waals surface area contributed by atoms with Gasteiger partial charge >= 0.3 is 6.09 Å². The molecule has 2 saturated heterocycles. The lowest BCUT2D eigenvalue weighted by Gasteiger charge is -2.37. The lowest BCUT2D eigenvalue weighted by molar-refractivity contribution is 0.0963. The normalized spacial score (nSPS) is 23.5. The molecule has 1 N–H and O–H groups in total. The van der Waals surface area contributed by atoms with Gasteiger partial charge in [-0.3, -0.25) is 4.90 Å². The minimum absolute atomic E-state index is 0.0190. The summed E-state index contributed by atoms with van der Waals surface area (Å²) in [6, 6.07) is 4.34. The third-order valence-electron chi connectivity index (χ3n) is 4.82. The number of hydrogen-bond donors (Lipinski definition) is 1. The van der Waals surface area contributed by atoms with E-state index in [-0.39, 0.29) is 24.5 Å². The fourth-order valence-corrected chi connectivity index (χ4v) is 5.17. The summed E-state index contributed by atoms with van der Waals surface area (Å²) in [5.74, 6) is -1.35. The molecule has 3 rings (SSSR count). The number of cyclic esters (lactones) is 1. The molecule has 1 unspecified atom stereocenters. The third kappa shape index (κ3) is 3.25. The Balaban J connectivity index is 1.83. The topological polar surface area (TPSA) is 53.0 Å². The zero-order chi connectivity index (χ0) is 17.5. The van der Waals surface area contributed by atoms with Gasteiger partial charge in [-0.05, 0) is 12.1 Å². The molecule has 0 saturated carbocycles. The quantitative estimate of drug-likeness (QED) is 0.846. The second-order valence-corrected chi connectivity index (χ2v) is 12.5. The Bertz CT molecular complexity index is 623. The molecule has 8 heteroatoms. The van der Waals surface area contributed by atoms with E-state index in [9.17, 15) is 13.6 Å². The maximum atomic E-state index is 14.5. The van der Waals surface area contributed by atoms with E-state index >= 15 is 0 Å². The number of carbonyl (C=O) groups excluding carboxylic acids is 1. The van der Waals surface area contributed by atoms with Crippen LogP contribution in [0, 0.1) is 11.6 Å². The molecular formula is C16H22F2N2O3Si. The molecule has 132 valence electrons. The molecule has 1 aromatic rings. The van der Waals surface area contributed by atoms with Crippen molar-refractivity contribution >= 4 is 25.5 Å². The monoisotopic (exact) mass is 356 g/mol. The lowest BCUT2D eigenvalue weighted by atomic mass is 10.2. The van der Waals surface area contributed by atoms with Crippen molar-refractivity contribution < 1.29 is 23.4 Å². The first-order valence-corrected chi connectivity index (χ1v) is 11.6. The van der Waals surface area contributed by atoms with Crippen molar-refractivity contribution in [3.63, 3.8) is 0 Å². The summed E-state index contributed by atoms with van der Waals surface area (Å²) in [4.78, 5) is 14.7. The number of carbonyl (C=O) groups is 1. The minimum Gasteiger partial charge on any atom is -0.441 e. The van der Waals surface area contributed by atoms with E-state index in [1.807, 2.05) is 0 Å². The van der Waals surface area contributed by atoms with E-state index < -0.39 is 31.9 Å². The maximum absolute atomic E-state index is 14.5. The highest BCUT2D eigenvalue weighted by molar-refractivity contribution is 6.77. The molecule has 2 fully saturated rings. The van der Waals surface area contributed by atoms with Gasteiger partial charge in [0.25, 0.3) is 0 Å². The Kier molecular flexibility index (Phi) is 4.52. The van der Waals surface area contributed by atoms with Crippen LogP contribution in [0.25, 0.3) is 0 Å². The summed E-state index contributed by atoms with van der Waals surface area (Å²) in [5, 5.41) is 9.06. The summed E-state index contributed by atoms with van der Waals surface area (Å²) in [7, 11) is -1.23. The highest BCUT2D eigenvalue weighted by Crippen LogP contribution is 2.34. The van der Waals surface area contributed by atoms with E-state index in [0.717, 1.165) is 29.1 Å². The fraction of sp³-hybridized carbons (Fsp3) is 0.562. The van der Waals surface area contributed by atoms with Crippen LogP contribution in [0.5, 0.6) is 0 Å². The van der Waals surface area contributed by atoms with Crippen molar-refractivity contribution in [3.8, 4) is 0 Å². The largest absolute Gasteiger partial charge is 0.441 e. The van der Waals surface area contributed by atoms with Crippen molar-refractivity contribution in [1.29, 1.82) is 0 Å². The minimum atomic E-state index is -1.23. The van der Waals surface area contributed by atoms with Gasteiger partial charge in [0.05, 0.1) is 26.9 Å². The average molecular weight is 356 g/mol. The first kappa shape index (κ1) is 17.2. The van der Waals surface area contributed by atoms with E-state index in [4.69, 9.17) is 9.84 Å². The predicted octanol–water partition coefficient (Wildman–Crippen LogP) is 2.81. The van der Waals surface area contributed by atoms with Crippen molar-refractivity contribution in [2.45, 2.75) is 31.3 Å². The van der Waals surface area contributed by atoms with E-state index in [0.29, 0.717) is 13.1 Å². The van der Waals surface area contributed by atoms with Crippen molar-refractivity contribution in [1.82, 2.24) is 0 Å². The second-order valence-electron chi connectivity index (χ2n) is 7.21. The summed E-state index contributed by atoms with van der Waals surface area (Å²) in [6.07, 6.45) is -1.37. The summed E-state index contributed by atoms with van der Waals surface area (Å²) >= 11 is 0. The van der Waals surface area contributed by atoms with Gasteiger partial charge in [0.1, 0.15) is 11.8 Å². The van der Waals surface area contributed by atoms with Gasteiger partial charge in [-0.1, -0.05) is 13.1 Å². The number of aliphatic hydroxyl groups is 1. The second kappa shape index (κ2) is 6.32. The molecule has 0 aliphatic carbocycles. The van der Waals surface area contributed by atoms with Crippen LogP contribution >= 0.6 is 0 Å². The van der Waals surface area contributed by atoms with Crippen LogP contribution in [0.1, 0.15) is 0 Å². The van der Waals surface area contributed by atoms with Crippen LogP contribution in [-0.4, -0.2) is 51.6 Å². The van der Waals surface area contributed by atoms with Gasteiger partial charge in [0, 0.05) is 25.2 Å². The van der Waals surface area contributed by atoms with Crippen molar-refractivity contribution in [3.05, 3.63) is 23.8 Å². The van der Waals surface area contributed by atoms with Crippen LogP contribution in [0.2, 0.25) is 25.2 Å². The molecule has 2 aliphatic heterocycles. The van der Waals surface area contributed by atoms with Gasteiger partial charge < -0.3 is 14.7 Å². The Hall–Kier alpha value is -1.67. The van der Waals surface area contributed by atoms with Crippen molar-refractivity contribution in [2.24, 2.45) is 0 Å². The number of benzene rings is 1. The smallest absolute Gasteiger partial charge is 0.414 e. The third-order valence-corrected chi connectivity index (χ3v) is 7.98. The van der Waals surface area contributed by atoms with Gasteiger partial charge in [0.2, 0.25) is 0 Å². The lowest BCUT2D eigenvalue weighted by Crippen LogP contribution is -2.43. The zero-order valence-electron chi connectivity index (χ0n) is 13.9.